The van der Waals surface area contributed by atoms with Gasteiger partial charge in [0.05, 0.1) is 0 Å². The van der Waals surface area contributed by atoms with Gasteiger partial charge in [0.1, 0.15) is 0 Å². The molecule has 0 aromatic heterocycles. The summed E-state index contributed by atoms with van der Waals surface area (Å²) >= 11 is 0. The lowest BCUT2D eigenvalue weighted by Gasteiger charge is -2.02. The van der Waals surface area contributed by atoms with E-state index in [1.807, 2.05) is 0 Å². The third-order valence-corrected chi connectivity index (χ3v) is 7.13. The van der Waals surface area contributed by atoms with Gasteiger partial charge in [-0.05, 0) is 51.4 Å². The Morgan fingerprint density at radius 2 is 0.588 bits per heavy atom. The molecule has 201 valence electrons. The van der Waals surface area contributed by atoms with Crippen molar-refractivity contribution >= 4 is 0 Å². The molecule has 0 heterocycles. The standard InChI is InChI=1S/C34H65/c1-3-5-7-9-11-13-15-17-19-21-23-25-27-29-31-33-34-32-30-28-26-24-22-20-18-16-14-12-10-8-6-4-2/h17,19,30,32,34H,3-16,18,20-29,31,33H2,1-2H3/b19-17+,32-30+. The molecule has 0 saturated carbocycles. The van der Waals surface area contributed by atoms with Gasteiger partial charge in [0.15, 0.2) is 0 Å². The Morgan fingerprint density at radius 1 is 0.294 bits per heavy atom. The Morgan fingerprint density at radius 3 is 0.971 bits per heavy atom. The molecule has 0 heteroatoms. The number of hydrogen-bond donors (Lipinski definition) is 0. The van der Waals surface area contributed by atoms with E-state index >= 15 is 0 Å². The first-order valence-electron chi connectivity index (χ1n) is 16.0. The average Bonchev–Trinajstić information content (AvgIpc) is 2.85. The highest BCUT2D eigenvalue weighted by atomic mass is 14.0. The fourth-order valence-electron chi connectivity index (χ4n) is 4.72. The van der Waals surface area contributed by atoms with Crippen molar-refractivity contribution in [2.24, 2.45) is 0 Å². The Hall–Kier alpha value is -0.520. The highest BCUT2D eigenvalue weighted by Crippen LogP contribution is 2.13. The number of hydrogen-bond acceptors (Lipinski definition) is 0. The van der Waals surface area contributed by atoms with Crippen molar-refractivity contribution in [3.8, 4) is 0 Å². The van der Waals surface area contributed by atoms with Crippen LogP contribution in [0.4, 0.5) is 0 Å². The monoisotopic (exact) mass is 474 g/mol. The predicted octanol–water partition coefficient (Wildman–Crippen LogP) is 12.9. The van der Waals surface area contributed by atoms with Crippen molar-refractivity contribution in [1.29, 1.82) is 0 Å². The maximum absolute atomic E-state index is 2.43. The van der Waals surface area contributed by atoms with Crippen LogP contribution in [0.2, 0.25) is 0 Å². The molecule has 0 aromatic rings. The highest BCUT2D eigenvalue weighted by molar-refractivity contribution is 4.94. The van der Waals surface area contributed by atoms with Gasteiger partial charge in [0.2, 0.25) is 0 Å². The van der Waals surface area contributed by atoms with Gasteiger partial charge in [-0.3, -0.25) is 0 Å². The van der Waals surface area contributed by atoms with Gasteiger partial charge >= 0.3 is 0 Å². The second-order valence-electron chi connectivity index (χ2n) is 10.7. The van der Waals surface area contributed by atoms with Crippen molar-refractivity contribution in [3.05, 3.63) is 30.7 Å². The minimum absolute atomic E-state index is 1.27. The first-order chi connectivity index (χ1) is 16.9. The summed E-state index contributed by atoms with van der Waals surface area (Å²) in [6, 6.07) is 0. The van der Waals surface area contributed by atoms with Gasteiger partial charge in [-0.1, -0.05) is 167 Å². The molecule has 0 aliphatic rings. The lowest BCUT2D eigenvalue weighted by atomic mass is 10.0. The Kier molecular flexibility index (Phi) is 32.0. The molecule has 0 aliphatic heterocycles. The molecule has 0 saturated heterocycles. The minimum Gasteiger partial charge on any atom is -0.0885 e. The molecule has 0 rings (SSSR count). The fraction of sp³-hybridized carbons (Fsp3) is 0.853. The first kappa shape index (κ1) is 33.5. The van der Waals surface area contributed by atoms with Crippen LogP contribution in [0.5, 0.6) is 0 Å². The van der Waals surface area contributed by atoms with E-state index in [1.165, 1.54) is 173 Å². The van der Waals surface area contributed by atoms with Crippen LogP contribution in [0.25, 0.3) is 0 Å². The van der Waals surface area contributed by atoms with E-state index in [-0.39, 0.29) is 0 Å². The summed E-state index contributed by atoms with van der Waals surface area (Å²) in [4.78, 5) is 0. The average molecular weight is 474 g/mol. The molecule has 0 unspecified atom stereocenters. The molecule has 1 radical (unpaired) electrons. The van der Waals surface area contributed by atoms with Crippen molar-refractivity contribution in [1.82, 2.24) is 0 Å². The molecule has 34 heavy (non-hydrogen) atoms. The molecule has 0 spiro atoms. The molecule has 0 aromatic carbocycles. The van der Waals surface area contributed by atoms with Crippen molar-refractivity contribution in [2.75, 3.05) is 0 Å². The summed E-state index contributed by atoms with van der Waals surface area (Å²) < 4.78 is 0. The Labute approximate surface area is 217 Å². The zero-order valence-electron chi connectivity index (χ0n) is 24.0. The van der Waals surface area contributed by atoms with Crippen LogP contribution in [0.1, 0.15) is 187 Å². The van der Waals surface area contributed by atoms with Gasteiger partial charge < -0.3 is 0 Å². The van der Waals surface area contributed by atoms with E-state index in [9.17, 15) is 0 Å². The molecule has 0 N–H and O–H groups in total. The van der Waals surface area contributed by atoms with Gasteiger partial charge in [0, 0.05) is 0 Å². The van der Waals surface area contributed by atoms with E-state index in [2.05, 4.69) is 44.6 Å². The topological polar surface area (TPSA) is 0 Å². The highest BCUT2D eigenvalue weighted by Gasteiger charge is 1.94. The molecule has 0 fully saturated rings. The summed E-state index contributed by atoms with van der Waals surface area (Å²) in [6.45, 7) is 4.59. The van der Waals surface area contributed by atoms with Crippen molar-refractivity contribution < 1.29 is 0 Å². The second kappa shape index (κ2) is 32.5. The second-order valence-corrected chi connectivity index (χ2v) is 10.7. The van der Waals surface area contributed by atoms with Crippen LogP contribution in [0.15, 0.2) is 24.3 Å². The van der Waals surface area contributed by atoms with E-state index in [0.717, 1.165) is 0 Å². The number of allylic oxidation sites excluding steroid dienone is 4. The van der Waals surface area contributed by atoms with Gasteiger partial charge in [-0.15, -0.1) is 0 Å². The lowest BCUT2D eigenvalue weighted by Crippen LogP contribution is -1.82. The maximum Gasteiger partial charge on any atom is -0.0171 e. The van der Waals surface area contributed by atoms with Crippen LogP contribution in [0, 0.1) is 6.42 Å². The molecule has 0 aliphatic carbocycles. The Balaban J connectivity index is 3.12. The van der Waals surface area contributed by atoms with Gasteiger partial charge in [-0.25, -0.2) is 0 Å². The van der Waals surface area contributed by atoms with Crippen molar-refractivity contribution in [2.45, 2.75) is 187 Å². The maximum atomic E-state index is 2.43. The molecule has 0 bridgehead atoms. The van der Waals surface area contributed by atoms with Gasteiger partial charge in [0.25, 0.3) is 0 Å². The molecule has 0 nitrogen and oxygen atoms in total. The third kappa shape index (κ3) is 31.5. The fourth-order valence-corrected chi connectivity index (χ4v) is 4.72. The summed E-state index contributed by atoms with van der Waals surface area (Å²) in [6.07, 6.45) is 49.9. The zero-order valence-corrected chi connectivity index (χ0v) is 24.0. The summed E-state index contributed by atoms with van der Waals surface area (Å²) in [5.74, 6) is 0. The number of rotatable bonds is 29. The first-order valence-corrected chi connectivity index (χ1v) is 16.0. The third-order valence-electron chi connectivity index (χ3n) is 7.13. The van der Waals surface area contributed by atoms with Crippen LogP contribution in [0.3, 0.4) is 0 Å². The quantitative estimate of drug-likeness (QED) is 0.0748. The molecular formula is C34H65. The van der Waals surface area contributed by atoms with Crippen LogP contribution in [-0.4, -0.2) is 0 Å². The van der Waals surface area contributed by atoms with E-state index < -0.39 is 0 Å². The zero-order chi connectivity index (χ0) is 24.6. The molecule has 0 atom stereocenters. The van der Waals surface area contributed by atoms with Crippen molar-refractivity contribution in [3.63, 3.8) is 0 Å². The van der Waals surface area contributed by atoms with Crippen LogP contribution < -0.4 is 0 Å². The van der Waals surface area contributed by atoms with E-state index in [1.54, 1.807) is 0 Å². The summed E-state index contributed by atoms with van der Waals surface area (Å²) in [5, 5.41) is 0. The van der Waals surface area contributed by atoms with Crippen LogP contribution >= 0.6 is 0 Å². The van der Waals surface area contributed by atoms with Crippen LogP contribution in [-0.2, 0) is 0 Å². The lowest BCUT2D eigenvalue weighted by molar-refractivity contribution is 0.545. The molecular weight excluding hydrogens is 408 g/mol. The number of unbranched alkanes of at least 4 members (excludes halogenated alkanes) is 25. The normalized spacial score (nSPS) is 11.9. The SMILES string of the molecule is CCCCCCCC/C=C/CCCCCCC[CH]/C=C/CCCCCCCCCCCCCC. The Bertz CT molecular complexity index is 391. The van der Waals surface area contributed by atoms with E-state index in [4.69, 9.17) is 0 Å². The molecule has 0 amide bonds. The summed E-state index contributed by atoms with van der Waals surface area (Å²) in [5.41, 5.74) is 0. The van der Waals surface area contributed by atoms with E-state index in [0.29, 0.717) is 0 Å². The predicted molar refractivity (Wildman–Crippen MR) is 159 cm³/mol. The summed E-state index contributed by atoms with van der Waals surface area (Å²) in [7, 11) is 0. The largest absolute Gasteiger partial charge is 0.0885 e. The smallest absolute Gasteiger partial charge is 0.0171 e. The minimum atomic E-state index is 1.27. The van der Waals surface area contributed by atoms with Gasteiger partial charge in [-0.2, -0.15) is 0 Å².